The van der Waals surface area contributed by atoms with E-state index in [9.17, 15) is 14.4 Å². The Labute approximate surface area is 127 Å². The maximum atomic E-state index is 11.7. The van der Waals surface area contributed by atoms with Crippen molar-refractivity contribution >= 4 is 23.5 Å². The van der Waals surface area contributed by atoms with E-state index in [1.165, 1.54) is 6.92 Å². The SMILES string of the molecule is C[C@H](NC(=O)COc1cccc(NC(=O)C2CC2)c1)C(=O)O. The Kier molecular flexibility index (Phi) is 4.98. The Morgan fingerprint density at radius 3 is 2.73 bits per heavy atom. The van der Waals surface area contributed by atoms with Crippen molar-refractivity contribution in [1.82, 2.24) is 5.32 Å². The van der Waals surface area contributed by atoms with E-state index >= 15 is 0 Å². The summed E-state index contributed by atoms with van der Waals surface area (Å²) in [6.07, 6.45) is 1.84. The standard InChI is InChI=1S/C15H18N2O5/c1-9(15(20)21)16-13(18)8-22-12-4-2-3-11(7-12)17-14(19)10-5-6-10/h2-4,7,9-10H,5-6,8H2,1H3,(H,16,18)(H,17,19)(H,20,21)/t9-/m0/s1. The highest BCUT2D eigenvalue weighted by Crippen LogP contribution is 2.30. The van der Waals surface area contributed by atoms with Crippen LogP contribution >= 0.6 is 0 Å². The predicted octanol–water partition coefficient (Wildman–Crippen LogP) is 1.00. The minimum atomic E-state index is -1.11. The maximum absolute atomic E-state index is 11.7. The number of aliphatic carboxylic acids is 1. The van der Waals surface area contributed by atoms with Crippen molar-refractivity contribution in [2.75, 3.05) is 11.9 Å². The van der Waals surface area contributed by atoms with Gasteiger partial charge in [-0.3, -0.25) is 14.4 Å². The predicted molar refractivity (Wildman–Crippen MR) is 78.5 cm³/mol. The minimum absolute atomic E-state index is 0.00910. The molecule has 7 heteroatoms. The number of amides is 2. The lowest BCUT2D eigenvalue weighted by molar-refractivity contribution is -0.141. The second kappa shape index (κ2) is 6.93. The van der Waals surface area contributed by atoms with Crippen LogP contribution in [0.1, 0.15) is 19.8 Å². The first kappa shape index (κ1) is 15.8. The number of hydrogen-bond acceptors (Lipinski definition) is 4. The van der Waals surface area contributed by atoms with Crippen molar-refractivity contribution in [3.8, 4) is 5.75 Å². The Bertz CT molecular complexity index is 583. The molecule has 1 atom stereocenters. The Morgan fingerprint density at radius 2 is 2.09 bits per heavy atom. The Morgan fingerprint density at radius 1 is 1.36 bits per heavy atom. The Hall–Kier alpha value is -2.57. The number of nitrogens with one attached hydrogen (secondary N) is 2. The van der Waals surface area contributed by atoms with Gasteiger partial charge in [0, 0.05) is 17.7 Å². The van der Waals surface area contributed by atoms with Crippen LogP contribution in [0, 0.1) is 5.92 Å². The molecule has 3 N–H and O–H groups in total. The van der Waals surface area contributed by atoms with Gasteiger partial charge in [0.2, 0.25) is 5.91 Å². The molecule has 118 valence electrons. The van der Waals surface area contributed by atoms with Gasteiger partial charge in [0.1, 0.15) is 11.8 Å². The molecule has 1 aliphatic carbocycles. The van der Waals surface area contributed by atoms with Crippen molar-refractivity contribution in [1.29, 1.82) is 0 Å². The van der Waals surface area contributed by atoms with Crippen molar-refractivity contribution in [3.63, 3.8) is 0 Å². The van der Waals surface area contributed by atoms with Gasteiger partial charge in [-0.2, -0.15) is 0 Å². The van der Waals surface area contributed by atoms with Crippen LogP contribution in [0.3, 0.4) is 0 Å². The van der Waals surface area contributed by atoms with E-state index in [2.05, 4.69) is 10.6 Å². The Balaban J connectivity index is 1.83. The molecule has 1 aromatic carbocycles. The number of carbonyl (C=O) groups is 3. The normalized spacial score (nSPS) is 14.8. The molecule has 0 radical (unpaired) electrons. The molecule has 0 aromatic heterocycles. The molecule has 2 rings (SSSR count). The fraction of sp³-hybridized carbons (Fsp3) is 0.400. The summed E-state index contributed by atoms with van der Waals surface area (Å²) in [5, 5.41) is 13.8. The zero-order chi connectivity index (χ0) is 16.1. The van der Waals surface area contributed by atoms with Crippen LogP contribution in [-0.2, 0) is 14.4 Å². The average Bonchev–Trinajstić information content (AvgIpc) is 3.30. The van der Waals surface area contributed by atoms with Crippen LogP contribution in [0.2, 0.25) is 0 Å². The molecule has 1 saturated carbocycles. The first-order chi connectivity index (χ1) is 10.5. The summed E-state index contributed by atoms with van der Waals surface area (Å²) >= 11 is 0. The number of carbonyl (C=O) groups excluding carboxylic acids is 2. The highest BCUT2D eigenvalue weighted by atomic mass is 16.5. The van der Waals surface area contributed by atoms with Gasteiger partial charge < -0.3 is 20.5 Å². The number of carboxylic acids is 1. The highest BCUT2D eigenvalue weighted by Gasteiger charge is 2.29. The van der Waals surface area contributed by atoms with E-state index in [1.54, 1.807) is 24.3 Å². The molecule has 0 saturated heterocycles. The third kappa shape index (κ3) is 4.76. The molecular formula is C15H18N2O5. The van der Waals surface area contributed by atoms with Gasteiger partial charge in [-0.15, -0.1) is 0 Å². The third-order valence-corrected chi connectivity index (χ3v) is 3.17. The van der Waals surface area contributed by atoms with E-state index in [1.807, 2.05) is 0 Å². The number of hydrogen-bond donors (Lipinski definition) is 3. The molecule has 1 aromatic rings. The third-order valence-electron chi connectivity index (χ3n) is 3.17. The van der Waals surface area contributed by atoms with Gasteiger partial charge in [-0.1, -0.05) is 6.07 Å². The zero-order valence-corrected chi connectivity index (χ0v) is 12.2. The maximum Gasteiger partial charge on any atom is 0.325 e. The van der Waals surface area contributed by atoms with Gasteiger partial charge in [0.05, 0.1) is 0 Å². The molecule has 7 nitrogen and oxygen atoms in total. The molecule has 1 fully saturated rings. The van der Waals surface area contributed by atoms with Gasteiger partial charge in [0.15, 0.2) is 6.61 Å². The lowest BCUT2D eigenvalue weighted by Gasteiger charge is -2.11. The summed E-state index contributed by atoms with van der Waals surface area (Å²) < 4.78 is 5.29. The van der Waals surface area contributed by atoms with Crippen LogP contribution in [0.15, 0.2) is 24.3 Å². The minimum Gasteiger partial charge on any atom is -0.484 e. The van der Waals surface area contributed by atoms with E-state index < -0.39 is 17.9 Å². The van der Waals surface area contributed by atoms with E-state index in [0.717, 1.165) is 12.8 Å². The van der Waals surface area contributed by atoms with Gasteiger partial charge >= 0.3 is 5.97 Å². The summed E-state index contributed by atoms with van der Waals surface area (Å²) in [6, 6.07) is 5.74. The van der Waals surface area contributed by atoms with Gasteiger partial charge in [-0.05, 0) is 31.9 Å². The zero-order valence-electron chi connectivity index (χ0n) is 12.2. The average molecular weight is 306 g/mol. The van der Waals surface area contributed by atoms with Crippen molar-refractivity contribution in [3.05, 3.63) is 24.3 Å². The fourth-order valence-corrected chi connectivity index (χ4v) is 1.75. The molecule has 0 bridgehead atoms. The molecule has 0 unspecified atom stereocenters. The fourth-order valence-electron chi connectivity index (χ4n) is 1.75. The lowest BCUT2D eigenvalue weighted by Crippen LogP contribution is -2.40. The summed E-state index contributed by atoms with van der Waals surface area (Å²) in [7, 11) is 0. The molecule has 0 heterocycles. The van der Waals surface area contributed by atoms with Crippen molar-refractivity contribution in [2.45, 2.75) is 25.8 Å². The van der Waals surface area contributed by atoms with Gasteiger partial charge in [-0.25, -0.2) is 0 Å². The second-order valence-corrected chi connectivity index (χ2v) is 5.21. The monoisotopic (exact) mass is 306 g/mol. The second-order valence-electron chi connectivity index (χ2n) is 5.21. The van der Waals surface area contributed by atoms with E-state index in [-0.39, 0.29) is 18.4 Å². The number of anilines is 1. The summed E-state index contributed by atoms with van der Waals surface area (Å²) in [4.78, 5) is 33.8. The molecule has 2 amide bonds. The number of rotatable bonds is 7. The van der Waals surface area contributed by atoms with Crippen LogP contribution in [0.4, 0.5) is 5.69 Å². The molecule has 22 heavy (non-hydrogen) atoms. The molecule has 0 spiro atoms. The number of ether oxygens (including phenoxy) is 1. The number of carboxylic acid groups (broad SMARTS) is 1. The molecule has 1 aliphatic rings. The highest BCUT2D eigenvalue weighted by molar-refractivity contribution is 5.94. The van der Waals surface area contributed by atoms with Crippen LogP contribution in [0.5, 0.6) is 5.75 Å². The summed E-state index contributed by atoms with van der Waals surface area (Å²) in [6.45, 7) is 1.08. The smallest absolute Gasteiger partial charge is 0.325 e. The van der Waals surface area contributed by atoms with Crippen molar-refractivity contribution < 1.29 is 24.2 Å². The first-order valence-corrected chi connectivity index (χ1v) is 7.01. The molecular weight excluding hydrogens is 288 g/mol. The first-order valence-electron chi connectivity index (χ1n) is 7.01. The van der Waals surface area contributed by atoms with E-state index in [4.69, 9.17) is 9.84 Å². The summed E-state index contributed by atoms with van der Waals surface area (Å²) in [5.74, 6) is -1.12. The van der Waals surface area contributed by atoms with Crippen LogP contribution in [-0.4, -0.2) is 35.5 Å². The topological polar surface area (TPSA) is 105 Å². The lowest BCUT2D eigenvalue weighted by atomic mass is 10.3. The number of benzene rings is 1. The summed E-state index contributed by atoms with van der Waals surface area (Å²) in [5.41, 5.74) is 0.605. The molecule has 0 aliphatic heterocycles. The van der Waals surface area contributed by atoms with Crippen LogP contribution in [0.25, 0.3) is 0 Å². The van der Waals surface area contributed by atoms with Gasteiger partial charge in [0.25, 0.3) is 5.91 Å². The van der Waals surface area contributed by atoms with Crippen LogP contribution < -0.4 is 15.4 Å². The van der Waals surface area contributed by atoms with E-state index in [0.29, 0.717) is 11.4 Å². The quantitative estimate of drug-likeness (QED) is 0.697. The largest absolute Gasteiger partial charge is 0.484 e. The van der Waals surface area contributed by atoms with Crippen molar-refractivity contribution in [2.24, 2.45) is 5.92 Å².